The molecule has 2 aromatic rings. The highest BCUT2D eigenvalue weighted by Gasteiger charge is 2.39. The summed E-state index contributed by atoms with van der Waals surface area (Å²) >= 11 is 0. The summed E-state index contributed by atoms with van der Waals surface area (Å²) in [4.78, 5) is 11.0. The van der Waals surface area contributed by atoms with E-state index in [4.69, 9.17) is 9.47 Å². The van der Waals surface area contributed by atoms with Gasteiger partial charge in [-0.1, -0.05) is 20.8 Å². The molecule has 30 heavy (non-hydrogen) atoms. The second kappa shape index (κ2) is 8.52. The smallest absolute Gasteiger partial charge is 0.166 e. The van der Waals surface area contributed by atoms with Gasteiger partial charge in [-0.3, -0.25) is 4.90 Å². The molecule has 0 aliphatic carbocycles. The van der Waals surface area contributed by atoms with E-state index in [1.165, 1.54) is 11.1 Å². The fourth-order valence-electron chi connectivity index (χ4n) is 4.91. The van der Waals surface area contributed by atoms with E-state index < -0.39 is 0 Å². The lowest BCUT2D eigenvalue weighted by atomic mass is 9.75. The molecule has 3 heterocycles. The van der Waals surface area contributed by atoms with E-state index in [-0.39, 0.29) is 17.6 Å². The predicted octanol–water partition coefficient (Wildman–Crippen LogP) is 3.78. The second-order valence-corrected chi connectivity index (χ2v) is 9.74. The molecule has 6 nitrogen and oxygen atoms in total. The zero-order valence-electron chi connectivity index (χ0n) is 18.5. The van der Waals surface area contributed by atoms with Crippen molar-refractivity contribution in [1.82, 2.24) is 14.9 Å². The average Bonchev–Trinajstić information content (AvgIpc) is 2.72. The van der Waals surface area contributed by atoms with Crippen molar-refractivity contribution in [2.45, 2.75) is 58.8 Å². The highest BCUT2D eigenvalue weighted by molar-refractivity contribution is 5.49. The molecule has 0 radical (unpaired) electrons. The Morgan fingerprint density at radius 3 is 2.63 bits per heavy atom. The molecule has 6 heteroatoms. The first-order chi connectivity index (χ1) is 14.3. The minimum Gasteiger partial charge on any atom is -0.493 e. The Balaban J connectivity index is 1.53. The Morgan fingerprint density at radius 1 is 1.17 bits per heavy atom. The van der Waals surface area contributed by atoms with Crippen molar-refractivity contribution in [2.24, 2.45) is 11.3 Å². The van der Waals surface area contributed by atoms with E-state index in [1.54, 1.807) is 25.6 Å². The summed E-state index contributed by atoms with van der Waals surface area (Å²) in [6.07, 6.45) is 5.95. The summed E-state index contributed by atoms with van der Waals surface area (Å²) in [6, 6.07) is 6.23. The lowest BCUT2D eigenvalue weighted by Crippen LogP contribution is -2.48. The molecule has 2 aliphatic rings. The van der Waals surface area contributed by atoms with Crippen LogP contribution in [0.1, 0.15) is 56.6 Å². The van der Waals surface area contributed by atoms with Crippen LogP contribution < -0.4 is 9.47 Å². The highest BCUT2D eigenvalue weighted by Crippen LogP contribution is 2.44. The molecule has 2 aliphatic heterocycles. The van der Waals surface area contributed by atoms with Crippen LogP contribution in [0, 0.1) is 11.3 Å². The van der Waals surface area contributed by atoms with Crippen molar-refractivity contribution in [1.29, 1.82) is 0 Å². The van der Waals surface area contributed by atoms with Crippen molar-refractivity contribution >= 4 is 0 Å². The molecule has 0 spiro atoms. The largest absolute Gasteiger partial charge is 0.493 e. The van der Waals surface area contributed by atoms with E-state index in [9.17, 15) is 5.11 Å². The number of nitrogens with zero attached hydrogens (tertiary/aromatic N) is 3. The van der Waals surface area contributed by atoms with Gasteiger partial charge in [0.15, 0.2) is 17.3 Å². The van der Waals surface area contributed by atoms with Crippen molar-refractivity contribution in [3.63, 3.8) is 0 Å². The van der Waals surface area contributed by atoms with E-state index in [0.717, 1.165) is 43.9 Å². The summed E-state index contributed by atoms with van der Waals surface area (Å²) in [5.74, 6) is 2.42. The van der Waals surface area contributed by atoms with Crippen LogP contribution in [-0.4, -0.2) is 46.3 Å². The zero-order chi connectivity index (χ0) is 21.3. The molecular weight excluding hydrogens is 378 g/mol. The molecule has 1 aromatic heterocycles. The van der Waals surface area contributed by atoms with Gasteiger partial charge in [-0.05, 0) is 59.9 Å². The number of hydrogen-bond donors (Lipinski definition) is 1. The number of fused-ring (bicyclic) bond motifs is 3. The van der Waals surface area contributed by atoms with Crippen LogP contribution in [0.3, 0.4) is 0 Å². The summed E-state index contributed by atoms with van der Waals surface area (Å²) in [5.41, 5.74) is 2.77. The third kappa shape index (κ3) is 4.60. The third-order valence-electron chi connectivity index (χ3n) is 6.22. The number of aromatic nitrogens is 2. The maximum Gasteiger partial charge on any atom is 0.166 e. The SMILES string of the molecule is COc1cc2c(cc1OCc1ncccn1)CCN1CC(CC(C)(C)C)C(O)CC21. The molecule has 4 rings (SSSR count). The van der Waals surface area contributed by atoms with Crippen LogP contribution in [0.15, 0.2) is 30.6 Å². The van der Waals surface area contributed by atoms with E-state index >= 15 is 0 Å². The van der Waals surface area contributed by atoms with Gasteiger partial charge < -0.3 is 14.6 Å². The topological polar surface area (TPSA) is 67.7 Å². The Labute approximate surface area is 179 Å². The number of piperidine rings is 1. The van der Waals surface area contributed by atoms with Gasteiger partial charge in [0.05, 0.1) is 13.2 Å². The van der Waals surface area contributed by atoms with Gasteiger partial charge in [0.1, 0.15) is 6.61 Å². The maximum absolute atomic E-state index is 10.9. The molecule has 3 unspecified atom stereocenters. The molecule has 162 valence electrons. The predicted molar refractivity (Wildman–Crippen MR) is 116 cm³/mol. The normalized spacial score (nSPS) is 24.1. The van der Waals surface area contributed by atoms with Crippen LogP contribution in [0.5, 0.6) is 11.5 Å². The standard InChI is InChI=1S/C24H33N3O3/c1-24(2,3)13-17-14-27-9-6-16-10-22(30-15-23-25-7-5-8-26-23)21(29-4)11-18(16)19(27)12-20(17)28/h5,7-8,10-11,17,19-20,28H,6,9,12-15H2,1-4H3. The molecule has 0 bridgehead atoms. The Morgan fingerprint density at radius 2 is 1.93 bits per heavy atom. The van der Waals surface area contributed by atoms with Crippen LogP contribution in [0.4, 0.5) is 0 Å². The first-order valence-corrected chi connectivity index (χ1v) is 10.9. The Bertz CT molecular complexity index is 866. The van der Waals surface area contributed by atoms with E-state index in [0.29, 0.717) is 18.3 Å². The summed E-state index contributed by atoms with van der Waals surface area (Å²) in [7, 11) is 1.67. The quantitative estimate of drug-likeness (QED) is 0.808. The van der Waals surface area contributed by atoms with Gasteiger partial charge >= 0.3 is 0 Å². The van der Waals surface area contributed by atoms with Gasteiger partial charge in [-0.25, -0.2) is 9.97 Å². The lowest BCUT2D eigenvalue weighted by Gasteiger charge is -2.47. The second-order valence-electron chi connectivity index (χ2n) is 9.74. The molecule has 1 aromatic carbocycles. The summed E-state index contributed by atoms with van der Waals surface area (Å²) < 4.78 is 11.6. The van der Waals surface area contributed by atoms with Crippen molar-refractivity contribution in [3.8, 4) is 11.5 Å². The number of methoxy groups -OCH3 is 1. The highest BCUT2D eigenvalue weighted by atomic mass is 16.5. The van der Waals surface area contributed by atoms with Crippen molar-refractivity contribution in [3.05, 3.63) is 47.5 Å². The molecule has 0 saturated carbocycles. The first-order valence-electron chi connectivity index (χ1n) is 10.9. The van der Waals surface area contributed by atoms with Crippen LogP contribution in [0.2, 0.25) is 0 Å². The minimum atomic E-state index is -0.270. The molecular formula is C24H33N3O3. The number of aliphatic hydroxyl groups excluding tert-OH is 1. The monoisotopic (exact) mass is 411 g/mol. The maximum atomic E-state index is 10.9. The van der Waals surface area contributed by atoms with Crippen LogP contribution in [0.25, 0.3) is 0 Å². The van der Waals surface area contributed by atoms with E-state index in [2.05, 4.69) is 47.8 Å². The van der Waals surface area contributed by atoms with Crippen LogP contribution in [-0.2, 0) is 13.0 Å². The molecule has 1 N–H and O–H groups in total. The fraction of sp³-hybridized carbons (Fsp3) is 0.583. The van der Waals surface area contributed by atoms with E-state index in [1.807, 2.05) is 0 Å². The van der Waals surface area contributed by atoms with Crippen molar-refractivity contribution < 1.29 is 14.6 Å². The summed E-state index contributed by atoms with van der Waals surface area (Å²) in [6.45, 7) is 9.03. The third-order valence-corrected chi connectivity index (χ3v) is 6.22. The van der Waals surface area contributed by atoms with Crippen molar-refractivity contribution in [2.75, 3.05) is 20.2 Å². The molecule has 1 saturated heterocycles. The fourth-order valence-corrected chi connectivity index (χ4v) is 4.91. The number of aliphatic hydroxyl groups is 1. The molecule has 1 fully saturated rings. The zero-order valence-corrected chi connectivity index (χ0v) is 18.5. The van der Waals surface area contributed by atoms with Gasteiger partial charge in [0.25, 0.3) is 0 Å². The van der Waals surface area contributed by atoms with Gasteiger partial charge in [-0.2, -0.15) is 0 Å². The average molecular weight is 412 g/mol. The number of hydrogen-bond acceptors (Lipinski definition) is 6. The Kier molecular flexibility index (Phi) is 5.98. The molecule has 3 atom stereocenters. The van der Waals surface area contributed by atoms with Gasteiger partial charge in [0, 0.05) is 31.5 Å². The van der Waals surface area contributed by atoms with Gasteiger partial charge in [-0.15, -0.1) is 0 Å². The Hall–Kier alpha value is -2.18. The number of rotatable bonds is 5. The first kappa shape index (κ1) is 21.1. The summed E-state index contributed by atoms with van der Waals surface area (Å²) in [5, 5.41) is 10.9. The minimum absolute atomic E-state index is 0.226. The van der Waals surface area contributed by atoms with Gasteiger partial charge in [0.2, 0.25) is 0 Å². The number of ether oxygens (including phenoxy) is 2. The van der Waals surface area contributed by atoms with Crippen LogP contribution >= 0.6 is 0 Å². The molecule has 0 amide bonds. The number of benzene rings is 1. The lowest BCUT2D eigenvalue weighted by molar-refractivity contribution is -0.0259.